The summed E-state index contributed by atoms with van der Waals surface area (Å²) in [5, 5.41) is 3.73. The molecule has 1 spiro atoms. The Bertz CT molecular complexity index is 260. The molecule has 12 heavy (non-hydrogen) atoms. The number of Topliss-reactive ketones (excluding diaryl/α,β-unsaturated/α-hetero) is 1. The van der Waals surface area contributed by atoms with Crippen molar-refractivity contribution in [2.45, 2.75) is 25.7 Å². The van der Waals surface area contributed by atoms with Crippen molar-refractivity contribution in [2.75, 3.05) is 0 Å². The van der Waals surface area contributed by atoms with Gasteiger partial charge in [0.15, 0.2) is 0 Å². The molecule has 1 amide bonds. The molecule has 1 N–H and O–H groups in total. The van der Waals surface area contributed by atoms with Crippen LogP contribution in [-0.2, 0) is 9.59 Å². The first kappa shape index (κ1) is 7.46. The Morgan fingerprint density at radius 3 is 2.50 bits per heavy atom. The standard InChI is InChI=1S/C8H10N2O2/c11-6-1-3-8(4-2-6)5-9-10-7(8)12/h5H,1-4H2,(H,10,12). The van der Waals surface area contributed by atoms with Crippen LogP contribution in [0.15, 0.2) is 5.10 Å². The van der Waals surface area contributed by atoms with Crippen LogP contribution < -0.4 is 5.43 Å². The van der Waals surface area contributed by atoms with Crippen LogP contribution in [0.2, 0.25) is 0 Å². The van der Waals surface area contributed by atoms with Crippen LogP contribution in [0.4, 0.5) is 0 Å². The summed E-state index contributed by atoms with van der Waals surface area (Å²) in [7, 11) is 0. The van der Waals surface area contributed by atoms with Gasteiger partial charge >= 0.3 is 0 Å². The fourth-order valence-corrected chi connectivity index (χ4v) is 1.72. The Balaban J connectivity index is 2.17. The van der Waals surface area contributed by atoms with Gasteiger partial charge in [0.2, 0.25) is 0 Å². The zero-order valence-electron chi connectivity index (χ0n) is 6.67. The third kappa shape index (κ3) is 0.948. The van der Waals surface area contributed by atoms with E-state index in [1.165, 1.54) is 0 Å². The van der Waals surface area contributed by atoms with Crippen molar-refractivity contribution in [1.82, 2.24) is 5.43 Å². The SMILES string of the molecule is O=C1CCC2(C=NNC2=O)CC1. The van der Waals surface area contributed by atoms with Gasteiger partial charge in [0.1, 0.15) is 5.78 Å². The van der Waals surface area contributed by atoms with Gasteiger partial charge < -0.3 is 0 Å². The largest absolute Gasteiger partial charge is 0.300 e. The molecular weight excluding hydrogens is 156 g/mol. The summed E-state index contributed by atoms with van der Waals surface area (Å²) in [5.74, 6) is 0.212. The maximum Gasteiger partial charge on any atom is 0.251 e. The van der Waals surface area contributed by atoms with Gasteiger partial charge in [0, 0.05) is 19.1 Å². The van der Waals surface area contributed by atoms with E-state index in [9.17, 15) is 9.59 Å². The van der Waals surface area contributed by atoms with E-state index < -0.39 is 5.41 Å². The van der Waals surface area contributed by atoms with Gasteiger partial charge in [-0.05, 0) is 12.8 Å². The zero-order valence-corrected chi connectivity index (χ0v) is 6.67. The molecule has 0 aromatic heterocycles. The molecule has 4 nitrogen and oxygen atoms in total. The van der Waals surface area contributed by atoms with Crippen LogP contribution >= 0.6 is 0 Å². The lowest BCUT2D eigenvalue weighted by Gasteiger charge is -2.26. The highest BCUT2D eigenvalue weighted by Crippen LogP contribution is 2.35. The third-order valence-corrected chi connectivity index (χ3v) is 2.63. The first-order chi connectivity index (χ1) is 5.73. The number of carbonyl (C=O) groups excluding carboxylic acids is 2. The smallest absolute Gasteiger partial charge is 0.251 e. The number of hydrogen-bond acceptors (Lipinski definition) is 3. The van der Waals surface area contributed by atoms with Gasteiger partial charge in [-0.15, -0.1) is 0 Å². The predicted molar refractivity (Wildman–Crippen MR) is 42.5 cm³/mol. The Kier molecular flexibility index (Phi) is 1.49. The highest BCUT2D eigenvalue weighted by atomic mass is 16.2. The second-order valence-corrected chi connectivity index (χ2v) is 3.39. The lowest BCUT2D eigenvalue weighted by atomic mass is 9.74. The van der Waals surface area contributed by atoms with Crippen LogP contribution in [0.3, 0.4) is 0 Å². The molecule has 4 heteroatoms. The summed E-state index contributed by atoms with van der Waals surface area (Å²) < 4.78 is 0. The average Bonchev–Trinajstić information content (AvgIpc) is 2.41. The van der Waals surface area contributed by atoms with Crippen molar-refractivity contribution in [3.63, 3.8) is 0 Å². The summed E-state index contributed by atoms with van der Waals surface area (Å²) in [6, 6.07) is 0. The fourth-order valence-electron chi connectivity index (χ4n) is 1.72. The van der Waals surface area contributed by atoms with Gasteiger partial charge in [-0.3, -0.25) is 9.59 Å². The van der Waals surface area contributed by atoms with Crippen LogP contribution in [0.25, 0.3) is 0 Å². The number of hydrogen-bond donors (Lipinski definition) is 1. The Labute approximate surface area is 70.0 Å². The number of nitrogens with zero attached hydrogens (tertiary/aromatic N) is 1. The summed E-state index contributed by atoms with van der Waals surface area (Å²) in [4.78, 5) is 22.2. The summed E-state index contributed by atoms with van der Waals surface area (Å²) in [5.41, 5.74) is 1.96. The average molecular weight is 166 g/mol. The molecule has 1 aliphatic carbocycles. The Morgan fingerprint density at radius 2 is 2.00 bits per heavy atom. The van der Waals surface area contributed by atoms with E-state index in [2.05, 4.69) is 10.5 Å². The minimum Gasteiger partial charge on any atom is -0.300 e. The Morgan fingerprint density at radius 1 is 1.33 bits per heavy atom. The normalized spacial score (nSPS) is 26.3. The molecule has 64 valence electrons. The lowest BCUT2D eigenvalue weighted by molar-refractivity contribution is -0.130. The molecule has 0 saturated heterocycles. The van der Waals surface area contributed by atoms with E-state index in [0.29, 0.717) is 25.7 Å². The van der Waals surface area contributed by atoms with E-state index in [1.807, 2.05) is 0 Å². The van der Waals surface area contributed by atoms with Crippen molar-refractivity contribution in [2.24, 2.45) is 10.5 Å². The molecule has 2 aliphatic rings. The van der Waals surface area contributed by atoms with E-state index in [4.69, 9.17) is 0 Å². The first-order valence-corrected chi connectivity index (χ1v) is 4.09. The molecule has 1 heterocycles. The van der Waals surface area contributed by atoms with Crippen LogP contribution in [-0.4, -0.2) is 17.9 Å². The van der Waals surface area contributed by atoms with Gasteiger partial charge in [-0.2, -0.15) is 5.10 Å². The molecule has 1 aliphatic heterocycles. The Hall–Kier alpha value is -1.19. The molecule has 0 atom stereocenters. The number of nitrogens with one attached hydrogen (secondary N) is 1. The first-order valence-electron chi connectivity index (χ1n) is 4.09. The summed E-state index contributed by atoms with van der Waals surface area (Å²) >= 11 is 0. The summed E-state index contributed by atoms with van der Waals surface area (Å²) in [6.07, 6.45) is 3.93. The van der Waals surface area contributed by atoms with Crippen molar-refractivity contribution < 1.29 is 9.59 Å². The van der Waals surface area contributed by atoms with E-state index in [0.717, 1.165) is 0 Å². The minimum absolute atomic E-state index is 0.0463. The topological polar surface area (TPSA) is 58.5 Å². The minimum atomic E-state index is -0.450. The van der Waals surface area contributed by atoms with Crippen LogP contribution in [0.5, 0.6) is 0 Å². The van der Waals surface area contributed by atoms with Gasteiger partial charge in [-0.1, -0.05) is 0 Å². The van der Waals surface area contributed by atoms with E-state index in [-0.39, 0.29) is 11.7 Å². The van der Waals surface area contributed by atoms with Crippen LogP contribution in [0.1, 0.15) is 25.7 Å². The van der Waals surface area contributed by atoms with Crippen molar-refractivity contribution in [3.8, 4) is 0 Å². The zero-order chi connectivity index (χ0) is 8.60. The van der Waals surface area contributed by atoms with Crippen molar-refractivity contribution in [3.05, 3.63) is 0 Å². The molecule has 0 radical (unpaired) electrons. The molecule has 0 aromatic rings. The number of hydrazone groups is 1. The quantitative estimate of drug-likeness (QED) is 0.560. The maximum atomic E-state index is 11.3. The predicted octanol–water partition coefficient (Wildman–Crippen LogP) is 0.231. The molecule has 1 fully saturated rings. The third-order valence-electron chi connectivity index (χ3n) is 2.63. The van der Waals surface area contributed by atoms with Crippen LogP contribution in [0, 0.1) is 5.41 Å². The second-order valence-electron chi connectivity index (χ2n) is 3.39. The highest BCUT2D eigenvalue weighted by molar-refractivity contribution is 6.03. The monoisotopic (exact) mass is 166 g/mol. The number of rotatable bonds is 0. The molecular formula is C8H10N2O2. The molecule has 0 unspecified atom stereocenters. The molecule has 0 aromatic carbocycles. The number of amides is 1. The highest BCUT2D eigenvalue weighted by Gasteiger charge is 2.42. The van der Waals surface area contributed by atoms with E-state index in [1.54, 1.807) is 6.21 Å². The summed E-state index contributed by atoms with van der Waals surface area (Å²) in [6.45, 7) is 0. The molecule has 0 bridgehead atoms. The van der Waals surface area contributed by atoms with Gasteiger partial charge in [0.25, 0.3) is 5.91 Å². The van der Waals surface area contributed by atoms with Crippen molar-refractivity contribution >= 4 is 17.9 Å². The number of carbonyl (C=O) groups is 2. The second kappa shape index (κ2) is 2.40. The lowest BCUT2D eigenvalue weighted by Crippen LogP contribution is -2.37. The van der Waals surface area contributed by atoms with Gasteiger partial charge in [-0.25, -0.2) is 5.43 Å². The molecule has 1 saturated carbocycles. The van der Waals surface area contributed by atoms with E-state index >= 15 is 0 Å². The maximum absolute atomic E-state index is 11.3. The molecule has 2 rings (SSSR count). The van der Waals surface area contributed by atoms with Crippen molar-refractivity contribution in [1.29, 1.82) is 0 Å². The van der Waals surface area contributed by atoms with Gasteiger partial charge in [0.05, 0.1) is 5.41 Å². The number of ketones is 1. The fraction of sp³-hybridized carbons (Fsp3) is 0.625.